The summed E-state index contributed by atoms with van der Waals surface area (Å²) >= 11 is 4.95. The Hall–Kier alpha value is -0.680. The van der Waals surface area contributed by atoms with Crippen molar-refractivity contribution >= 4 is 39.3 Å². The third-order valence-electron chi connectivity index (χ3n) is 2.52. The lowest BCUT2D eigenvalue weighted by Gasteiger charge is -2.32. The van der Waals surface area contributed by atoms with Gasteiger partial charge in [0.15, 0.2) is 0 Å². The Morgan fingerprint density at radius 3 is 3.06 bits per heavy atom. The van der Waals surface area contributed by atoms with E-state index in [4.69, 9.17) is 5.11 Å². The Labute approximate surface area is 107 Å². The van der Waals surface area contributed by atoms with E-state index in [2.05, 4.69) is 20.8 Å². The summed E-state index contributed by atoms with van der Waals surface area (Å²) in [5.41, 5.74) is 1.08. The fourth-order valence-electron chi connectivity index (χ4n) is 1.71. The van der Waals surface area contributed by atoms with Crippen LogP contribution in [-0.2, 0) is 4.79 Å². The molecule has 0 radical (unpaired) electrons. The van der Waals surface area contributed by atoms with E-state index in [1.54, 1.807) is 0 Å². The Morgan fingerprint density at radius 2 is 2.38 bits per heavy atom. The molecule has 3 nitrogen and oxygen atoms in total. The highest BCUT2D eigenvalue weighted by Crippen LogP contribution is 2.26. The molecule has 1 aliphatic heterocycles. The van der Waals surface area contributed by atoms with E-state index < -0.39 is 5.97 Å². The summed E-state index contributed by atoms with van der Waals surface area (Å²) in [6.45, 7) is 1.49. The molecule has 1 heterocycles. The highest BCUT2D eigenvalue weighted by molar-refractivity contribution is 9.10. The monoisotopic (exact) mass is 301 g/mol. The first kappa shape index (κ1) is 11.8. The number of thioether (sulfide) groups is 1. The van der Waals surface area contributed by atoms with E-state index >= 15 is 0 Å². The van der Waals surface area contributed by atoms with E-state index in [1.165, 1.54) is 11.8 Å². The maximum Gasteiger partial charge on any atom is 0.318 e. The minimum Gasteiger partial charge on any atom is -0.480 e. The number of carboxylic acids is 1. The number of carboxylic acid groups (broad SMARTS) is 1. The smallest absolute Gasteiger partial charge is 0.318 e. The summed E-state index contributed by atoms with van der Waals surface area (Å²) in [5.74, 6) is 0.147. The van der Waals surface area contributed by atoms with Crippen LogP contribution in [0.25, 0.3) is 0 Å². The Morgan fingerprint density at radius 1 is 1.56 bits per heavy atom. The van der Waals surface area contributed by atoms with E-state index in [9.17, 15) is 4.79 Å². The zero-order valence-electron chi connectivity index (χ0n) is 8.60. The van der Waals surface area contributed by atoms with Crippen LogP contribution in [0.15, 0.2) is 28.7 Å². The van der Waals surface area contributed by atoms with Gasteiger partial charge in [-0.05, 0) is 18.2 Å². The van der Waals surface area contributed by atoms with Gasteiger partial charge in [-0.15, -0.1) is 11.8 Å². The number of hydrogen-bond acceptors (Lipinski definition) is 3. The number of hydrogen-bond donors (Lipinski definition) is 1. The first-order valence-corrected chi connectivity index (χ1v) is 6.86. The van der Waals surface area contributed by atoms with Crippen LogP contribution in [0.2, 0.25) is 0 Å². The van der Waals surface area contributed by atoms with Gasteiger partial charge < -0.3 is 10.0 Å². The summed E-state index contributed by atoms with van der Waals surface area (Å²) < 4.78 is 1.02. The van der Waals surface area contributed by atoms with Gasteiger partial charge in [0.05, 0.1) is 0 Å². The molecule has 0 bridgehead atoms. The van der Waals surface area contributed by atoms with E-state index in [1.807, 2.05) is 24.3 Å². The number of aliphatic carboxylic acids is 1. The van der Waals surface area contributed by atoms with Crippen molar-refractivity contribution < 1.29 is 9.90 Å². The molecule has 0 aromatic heterocycles. The van der Waals surface area contributed by atoms with Gasteiger partial charge in [-0.3, -0.25) is 4.79 Å². The lowest BCUT2D eigenvalue weighted by atomic mass is 10.2. The first-order chi connectivity index (χ1) is 7.66. The van der Waals surface area contributed by atoms with Crippen LogP contribution in [0.5, 0.6) is 0 Å². The quantitative estimate of drug-likeness (QED) is 0.911. The summed E-state index contributed by atoms with van der Waals surface area (Å²) in [5, 5.41) is 8.69. The third-order valence-corrected chi connectivity index (χ3v) is 4.18. The maximum atomic E-state index is 10.9. The molecular formula is C11H12BrNO2S. The molecule has 0 spiro atoms. The maximum absolute atomic E-state index is 10.9. The Bertz CT molecular complexity index is 399. The molecule has 0 saturated carbocycles. The first-order valence-electron chi connectivity index (χ1n) is 5.02. The van der Waals surface area contributed by atoms with Gasteiger partial charge in [0.25, 0.3) is 0 Å². The van der Waals surface area contributed by atoms with Crippen molar-refractivity contribution in [2.24, 2.45) is 0 Å². The molecule has 1 unspecified atom stereocenters. The average molecular weight is 302 g/mol. The van der Waals surface area contributed by atoms with Crippen LogP contribution < -0.4 is 4.90 Å². The lowest BCUT2D eigenvalue weighted by Crippen LogP contribution is -2.41. The molecule has 1 aliphatic rings. The number of nitrogens with zero attached hydrogens (tertiary/aromatic N) is 1. The second kappa shape index (κ2) is 5.10. The van der Waals surface area contributed by atoms with Crippen LogP contribution in [0, 0.1) is 0 Å². The van der Waals surface area contributed by atoms with Crippen LogP contribution in [0.1, 0.15) is 0 Å². The molecule has 1 fully saturated rings. The number of benzene rings is 1. The van der Waals surface area contributed by atoms with Crippen molar-refractivity contribution in [2.45, 2.75) is 5.25 Å². The van der Waals surface area contributed by atoms with Gasteiger partial charge in [-0.25, -0.2) is 0 Å². The topological polar surface area (TPSA) is 40.5 Å². The lowest BCUT2D eigenvalue weighted by molar-refractivity contribution is -0.136. The number of rotatable bonds is 2. The summed E-state index contributed by atoms with van der Waals surface area (Å²) in [6.07, 6.45) is 0. The van der Waals surface area contributed by atoms with Gasteiger partial charge in [0, 0.05) is 29.0 Å². The van der Waals surface area contributed by atoms with Crippen LogP contribution in [0.4, 0.5) is 5.69 Å². The predicted molar refractivity (Wildman–Crippen MR) is 70.2 cm³/mol. The molecule has 1 N–H and O–H groups in total. The second-order valence-corrected chi connectivity index (χ2v) is 5.85. The molecular weight excluding hydrogens is 290 g/mol. The molecule has 86 valence electrons. The third kappa shape index (κ3) is 2.71. The fourth-order valence-corrected chi connectivity index (χ4v) is 3.13. The largest absolute Gasteiger partial charge is 0.480 e. The minimum absolute atomic E-state index is 0.312. The molecule has 1 aromatic carbocycles. The number of halogens is 1. The van der Waals surface area contributed by atoms with Gasteiger partial charge in [-0.2, -0.15) is 0 Å². The van der Waals surface area contributed by atoms with Crippen molar-refractivity contribution in [3.05, 3.63) is 28.7 Å². The normalized spacial score (nSPS) is 20.8. The zero-order chi connectivity index (χ0) is 11.5. The van der Waals surface area contributed by atoms with Crippen molar-refractivity contribution in [3.63, 3.8) is 0 Å². The van der Waals surface area contributed by atoms with Gasteiger partial charge in [-0.1, -0.05) is 22.0 Å². The highest BCUT2D eigenvalue weighted by atomic mass is 79.9. The van der Waals surface area contributed by atoms with Gasteiger partial charge in [0.1, 0.15) is 5.25 Å². The van der Waals surface area contributed by atoms with Crippen LogP contribution in [0.3, 0.4) is 0 Å². The number of anilines is 1. The van der Waals surface area contributed by atoms with Crippen LogP contribution in [-0.4, -0.2) is 35.2 Å². The number of carbonyl (C=O) groups is 1. The highest BCUT2D eigenvalue weighted by Gasteiger charge is 2.26. The summed E-state index contributed by atoms with van der Waals surface area (Å²) in [6, 6.07) is 7.97. The minimum atomic E-state index is -0.718. The van der Waals surface area contributed by atoms with Gasteiger partial charge in [0.2, 0.25) is 0 Å². The van der Waals surface area contributed by atoms with Crippen molar-refractivity contribution in [3.8, 4) is 0 Å². The molecule has 0 amide bonds. The van der Waals surface area contributed by atoms with E-state index in [-0.39, 0.29) is 5.25 Å². The van der Waals surface area contributed by atoms with Crippen molar-refractivity contribution in [2.75, 3.05) is 23.7 Å². The molecule has 1 aromatic rings. The van der Waals surface area contributed by atoms with Crippen molar-refractivity contribution in [1.82, 2.24) is 0 Å². The van der Waals surface area contributed by atoms with Gasteiger partial charge >= 0.3 is 5.97 Å². The van der Waals surface area contributed by atoms with E-state index in [0.717, 1.165) is 22.5 Å². The molecule has 5 heteroatoms. The standard InChI is InChI=1S/C11H12BrNO2S/c12-8-2-1-3-9(6-8)13-4-5-16-10(7-13)11(14)15/h1-3,6,10H,4-5,7H2,(H,14,15). The molecule has 16 heavy (non-hydrogen) atoms. The molecule has 2 rings (SSSR count). The molecule has 1 saturated heterocycles. The summed E-state index contributed by atoms with van der Waals surface area (Å²) in [4.78, 5) is 13.1. The molecule has 0 aliphatic carbocycles. The second-order valence-electron chi connectivity index (χ2n) is 3.62. The van der Waals surface area contributed by atoms with Crippen molar-refractivity contribution in [1.29, 1.82) is 0 Å². The summed E-state index contributed by atoms with van der Waals surface area (Å²) in [7, 11) is 0. The Kier molecular flexibility index (Phi) is 3.76. The fraction of sp³-hybridized carbons (Fsp3) is 0.364. The average Bonchev–Trinajstić information content (AvgIpc) is 2.29. The zero-order valence-corrected chi connectivity index (χ0v) is 11.0. The SMILES string of the molecule is O=C(O)C1CN(c2cccc(Br)c2)CCS1. The van der Waals surface area contributed by atoms with Crippen LogP contribution >= 0.6 is 27.7 Å². The molecule has 1 atom stereocenters. The predicted octanol–water partition coefficient (Wildman–Crippen LogP) is 2.46. The van der Waals surface area contributed by atoms with E-state index in [0.29, 0.717) is 6.54 Å². The Balaban J connectivity index is 2.12.